The summed E-state index contributed by atoms with van der Waals surface area (Å²) in [6.07, 6.45) is 0.828. The van der Waals surface area contributed by atoms with Crippen molar-refractivity contribution in [1.82, 2.24) is 5.32 Å². The number of nitrogens with zero attached hydrogens (tertiary/aromatic N) is 1. The highest BCUT2D eigenvalue weighted by molar-refractivity contribution is 5.90. The summed E-state index contributed by atoms with van der Waals surface area (Å²) < 4.78 is 0. The molecule has 0 aromatic heterocycles. The zero-order valence-corrected chi connectivity index (χ0v) is 14.8. The number of benzene rings is 2. The zero-order valence-electron chi connectivity index (χ0n) is 14.8. The molecule has 0 fully saturated rings. The first kappa shape index (κ1) is 17.9. The molecular weight excluding hydrogens is 298 g/mol. The lowest BCUT2D eigenvalue weighted by atomic mass is 10.1. The van der Waals surface area contributed by atoms with Crippen molar-refractivity contribution in [1.29, 1.82) is 0 Å². The van der Waals surface area contributed by atoms with Gasteiger partial charge in [0, 0.05) is 31.0 Å². The number of amides is 2. The molecule has 0 bridgehead atoms. The minimum atomic E-state index is -0.162. The molecule has 2 aromatic carbocycles. The van der Waals surface area contributed by atoms with Gasteiger partial charge in [-0.1, -0.05) is 30.3 Å². The van der Waals surface area contributed by atoms with Crippen molar-refractivity contribution < 1.29 is 4.79 Å². The van der Waals surface area contributed by atoms with E-state index in [0.29, 0.717) is 6.54 Å². The Balaban J connectivity index is 1.87. The van der Waals surface area contributed by atoms with Crippen molar-refractivity contribution in [3.05, 3.63) is 59.7 Å². The van der Waals surface area contributed by atoms with Crippen LogP contribution < -0.4 is 15.5 Å². The van der Waals surface area contributed by atoms with E-state index in [1.54, 1.807) is 0 Å². The van der Waals surface area contributed by atoms with Gasteiger partial charge in [0.1, 0.15) is 0 Å². The third-order valence-electron chi connectivity index (χ3n) is 4.13. The average Bonchev–Trinajstić information content (AvgIpc) is 2.59. The van der Waals surface area contributed by atoms with Gasteiger partial charge in [0.2, 0.25) is 0 Å². The molecule has 4 heteroatoms. The molecule has 0 aliphatic heterocycles. The molecule has 0 saturated carbocycles. The van der Waals surface area contributed by atoms with E-state index in [0.717, 1.165) is 30.8 Å². The molecule has 2 aromatic rings. The second-order valence-electron chi connectivity index (χ2n) is 5.79. The van der Waals surface area contributed by atoms with Gasteiger partial charge in [-0.3, -0.25) is 0 Å². The first-order valence-corrected chi connectivity index (χ1v) is 8.58. The number of hydrogen-bond acceptors (Lipinski definition) is 2. The van der Waals surface area contributed by atoms with Gasteiger partial charge < -0.3 is 15.5 Å². The molecular formula is C20H27N3O. The van der Waals surface area contributed by atoms with E-state index in [4.69, 9.17) is 0 Å². The summed E-state index contributed by atoms with van der Waals surface area (Å²) in [7, 11) is 0. The molecule has 0 aliphatic carbocycles. The lowest BCUT2D eigenvalue weighted by molar-refractivity contribution is 0.252. The summed E-state index contributed by atoms with van der Waals surface area (Å²) >= 11 is 0. The Kier molecular flexibility index (Phi) is 6.67. The van der Waals surface area contributed by atoms with Crippen LogP contribution in [0.2, 0.25) is 0 Å². The molecule has 128 valence electrons. The van der Waals surface area contributed by atoms with Gasteiger partial charge in [-0.05, 0) is 56.5 Å². The Bertz CT molecular complexity index is 651. The lowest BCUT2D eigenvalue weighted by Gasteiger charge is -2.22. The molecule has 0 spiro atoms. The van der Waals surface area contributed by atoms with Crippen LogP contribution in [0.25, 0.3) is 0 Å². The first-order chi connectivity index (χ1) is 11.6. The molecule has 4 nitrogen and oxygen atoms in total. The molecule has 24 heavy (non-hydrogen) atoms. The topological polar surface area (TPSA) is 44.4 Å². The van der Waals surface area contributed by atoms with Crippen molar-refractivity contribution in [2.24, 2.45) is 0 Å². The van der Waals surface area contributed by atoms with E-state index < -0.39 is 0 Å². The second kappa shape index (κ2) is 8.96. The second-order valence-corrected chi connectivity index (χ2v) is 5.79. The maximum atomic E-state index is 12.1. The third-order valence-corrected chi connectivity index (χ3v) is 4.13. The molecule has 2 rings (SSSR count). The number of carbonyl (C=O) groups excluding carboxylic acids is 1. The Hall–Kier alpha value is -2.49. The van der Waals surface area contributed by atoms with Gasteiger partial charge in [-0.2, -0.15) is 0 Å². The number of carbonyl (C=O) groups is 1. The highest BCUT2D eigenvalue weighted by Crippen LogP contribution is 2.22. The number of aryl methyl sites for hydroxylation is 1. The van der Waals surface area contributed by atoms with E-state index in [2.05, 4.69) is 53.6 Å². The van der Waals surface area contributed by atoms with Crippen molar-refractivity contribution in [3.63, 3.8) is 0 Å². The molecule has 0 radical (unpaired) electrons. The molecule has 2 amide bonds. The molecule has 0 saturated heterocycles. The van der Waals surface area contributed by atoms with Crippen LogP contribution in [-0.4, -0.2) is 25.7 Å². The van der Waals surface area contributed by atoms with Crippen LogP contribution in [0.15, 0.2) is 48.5 Å². The quantitative estimate of drug-likeness (QED) is 0.801. The summed E-state index contributed by atoms with van der Waals surface area (Å²) in [5.41, 5.74) is 4.32. The first-order valence-electron chi connectivity index (χ1n) is 8.58. The summed E-state index contributed by atoms with van der Waals surface area (Å²) in [6.45, 7) is 8.88. The molecule has 0 aliphatic rings. The van der Waals surface area contributed by atoms with Crippen molar-refractivity contribution in [2.45, 2.75) is 27.2 Å². The predicted molar refractivity (Wildman–Crippen MR) is 102 cm³/mol. The number of nitrogens with one attached hydrogen (secondary N) is 2. The predicted octanol–water partition coefficient (Wildman–Crippen LogP) is 4.21. The van der Waals surface area contributed by atoms with Gasteiger partial charge in [-0.25, -0.2) is 4.79 Å². The number of urea groups is 1. The fraction of sp³-hybridized carbons (Fsp3) is 0.350. The van der Waals surface area contributed by atoms with Crippen LogP contribution in [0, 0.1) is 6.92 Å². The third kappa shape index (κ3) is 5.01. The van der Waals surface area contributed by atoms with Gasteiger partial charge in [0.15, 0.2) is 0 Å². The lowest BCUT2D eigenvalue weighted by Crippen LogP contribution is -2.30. The van der Waals surface area contributed by atoms with Crippen molar-refractivity contribution in [2.75, 3.05) is 29.9 Å². The maximum Gasteiger partial charge on any atom is 0.319 e. The van der Waals surface area contributed by atoms with Crippen LogP contribution in [0.4, 0.5) is 16.2 Å². The van der Waals surface area contributed by atoms with E-state index in [9.17, 15) is 4.79 Å². The summed E-state index contributed by atoms with van der Waals surface area (Å²) in [6, 6.07) is 16.1. The van der Waals surface area contributed by atoms with E-state index in [1.807, 2.05) is 31.2 Å². The number of rotatable bonds is 7. The Labute approximate surface area is 144 Å². The fourth-order valence-electron chi connectivity index (χ4n) is 2.71. The van der Waals surface area contributed by atoms with Crippen LogP contribution in [0.1, 0.15) is 25.0 Å². The maximum absolute atomic E-state index is 12.1. The summed E-state index contributed by atoms with van der Waals surface area (Å²) in [5, 5.41) is 5.84. The molecule has 0 unspecified atom stereocenters. The molecule has 0 heterocycles. The molecule has 2 N–H and O–H groups in total. The van der Waals surface area contributed by atoms with Gasteiger partial charge in [0.25, 0.3) is 0 Å². The van der Waals surface area contributed by atoms with Crippen LogP contribution >= 0.6 is 0 Å². The van der Waals surface area contributed by atoms with Crippen LogP contribution in [0.5, 0.6) is 0 Å². The minimum absolute atomic E-state index is 0.162. The minimum Gasteiger partial charge on any atom is -0.372 e. The van der Waals surface area contributed by atoms with E-state index in [1.165, 1.54) is 11.3 Å². The fourth-order valence-corrected chi connectivity index (χ4v) is 2.71. The Morgan fingerprint density at radius 1 is 1.04 bits per heavy atom. The Morgan fingerprint density at radius 3 is 2.38 bits per heavy atom. The smallest absolute Gasteiger partial charge is 0.319 e. The highest BCUT2D eigenvalue weighted by atomic mass is 16.2. The van der Waals surface area contributed by atoms with Crippen molar-refractivity contribution in [3.8, 4) is 0 Å². The zero-order chi connectivity index (χ0) is 17.4. The van der Waals surface area contributed by atoms with Gasteiger partial charge >= 0.3 is 6.03 Å². The van der Waals surface area contributed by atoms with Crippen molar-refractivity contribution >= 4 is 17.4 Å². The largest absolute Gasteiger partial charge is 0.372 e. The van der Waals surface area contributed by atoms with E-state index in [-0.39, 0.29) is 6.03 Å². The van der Waals surface area contributed by atoms with Gasteiger partial charge in [0.05, 0.1) is 0 Å². The monoisotopic (exact) mass is 325 g/mol. The highest BCUT2D eigenvalue weighted by Gasteiger charge is 2.07. The Morgan fingerprint density at radius 2 is 1.75 bits per heavy atom. The summed E-state index contributed by atoms with van der Waals surface area (Å²) in [5.74, 6) is 0. The van der Waals surface area contributed by atoms with Crippen LogP contribution in [-0.2, 0) is 6.42 Å². The summed E-state index contributed by atoms with van der Waals surface area (Å²) in [4.78, 5) is 14.3. The number of anilines is 2. The SMILES string of the molecule is CCN(CC)c1ccc(NC(=O)NCCc2ccccc2)c(C)c1. The standard InChI is InChI=1S/C20H27N3O/c1-4-23(5-2)18-11-12-19(16(3)15-18)22-20(24)21-14-13-17-9-7-6-8-10-17/h6-12,15H,4-5,13-14H2,1-3H3,(H2,21,22,24). The van der Waals surface area contributed by atoms with E-state index >= 15 is 0 Å². The number of hydrogen-bond donors (Lipinski definition) is 2. The molecule has 0 atom stereocenters. The normalized spacial score (nSPS) is 10.3. The van der Waals surface area contributed by atoms with Crippen LogP contribution in [0.3, 0.4) is 0 Å². The van der Waals surface area contributed by atoms with Gasteiger partial charge in [-0.15, -0.1) is 0 Å². The average molecular weight is 325 g/mol.